The van der Waals surface area contributed by atoms with Gasteiger partial charge in [0, 0.05) is 12.5 Å². The Morgan fingerprint density at radius 1 is 0.929 bits per heavy atom. The molecule has 0 aromatic carbocycles. The SMILES string of the molecule is CCC(CC)CCC(O)C(CC)CO. The zero-order valence-corrected chi connectivity index (χ0v) is 9.87. The summed E-state index contributed by atoms with van der Waals surface area (Å²) in [6, 6.07) is 0. The third kappa shape index (κ3) is 4.97. The van der Waals surface area contributed by atoms with Crippen molar-refractivity contribution in [3.63, 3.8) is 0 Å². The van der Waals surface area contributed by atoms with E-state index in [0.717, 1.165) is 25.2 Å². The molecule has 0 rings (SSSR count). The van der Waals surface area contributed by atoms with Gasteiger partial charge in [-0.2, -0.15) is 0 Å². The molecule has 86 valence electrons. The van der Waals surface area contributed by atoms with Gasteiger partial charge in [-0.25, -0.2) is 0 Å². The summed E-state index contributed by atoms with van der Waals surface area (Å²) < 4.78 is 0. The summed E-state index contributed by atoms with van der Waals surface area (Å²) in [6.07, 6.45) is 4.86. The lowest BCUT2D eigenvalue weighted by Crippen LogP contribution is -2.23. The molecule has 0 bridgehead atoms. The van der Waals surface area contributed by atoms with Crippen molar-refractivity contribution in [2.24, 2.45) is 11.8 Å². The molecule has 0 heterocycles. The second-order valence-electron chi connectivity index (χ2n) is 4.18. The molecule has 2 nitrogen and oxygen atoms in total. The predicted octanol–water partition coefficient (Wildman–Crippen LogP) is 2.58. The van der Waals surface area contributed by atoms with Crippen LogP contribution < -0.4 is 0 Å². The minimum absolute atomic E-state index is 0.0735. The van der Waals surface area contributed by atoms with Gasteiger partial charge in [0.2, 0.25) is 0 Å². The van der Waals surface area contributed by atoms with Crippen molar-refractivity contribution in [3.05, 3.63) is 0 Å². The van der Waals surface area contributed by atoms with Crippen molar-refractivity contribution in [2.75, 3.05) is 6.61 Å². The first-order chi connectivity index (χ1) is 6.69. The van der Waals surface area contributed by atoms with Crippen molar-refractivity contribution in [1.82, 2.24) is 0 Å². The summed E-state index contributed by atoms with van der Waals surface area (Å²) in [5.41, 5.74) is 0. The van der Waals surface area contributed by atoms with E-state index >= 15 is 0 Å². The molecule has 0 radical (unpaired) electrons. The second kappa shape index (κ2) is 8.25. The number of aliphatic hydroxyl groups excluding tert-OH is 2. The fourth-order valence-electron chi connectivity index (χ4n) is 1.86. The first-order valence-electron chi connectivity index (χ1n) is 5.98. The highest BCUT2D eigenvalue weighted by Gasteiger charge is 2.17. The molecule has 0 saturated carbocycles. The van der Waals surface area contributed by atoms with Gasteiger partial charge >= 0.3 is 0 Å². The van der Waals surface area contributed by atoms with E-state index in [1.54, 1.807) is 0 Å². The van der Waals surface area contributed by atoms with E-state index in [2.05, 4.69) is 13.8 Å². The first kappa shape index (κ1) is 13.9. The normalized spacial score (nSPS) is 15.9. The summed E-state index contributed by atoms with van der Waals surface area (Å²) in [4.78, 5) is 0. The Kier molecular flexibility index (Phi) is 8.20. The Balaban J connectivity index is 3.75. The molecular formula is C12H26O2. The largest absolute Gasteiger partial charge is 0.396 e. The summed E-state index contributed by atoms with van der Waals surface area (Å²) in [7, 11) is 0. The van der Waals surface area contributed by atoms with E-state index < -0.39 is 0 Å². The van der Waals surface area contributed by atoms with Crippen LogP contribution in [0, 0.1) is 11.8 Å². The number of hydrogen-bond donors (Lipinski definition) is 2. The van der Waals surface area contributed by atoms with Crippen LogP contribution in [0.25, 0.3) is 0 Å². The molecule has 0 aliphatic heterocycles. The zero-order chi connectivity index (χ0) is 11.0. The minimum Gasteiger partial charge on any atom is -0.396 e. The lowest BCUT2D eigenvalue weighted by atomic mass is 9.90. The fraction of sp³-hybridized carbons (Fsp3) is 1.00. The Hall–Kier alpha value is -0.0800. The van der Waals surface area contributed by atoms with Crippen LogP contribution >= 0.6 is 0 Å². The Morgan fingerprint density at radius 3 is 1.86 bits per heavy atom. The predicted molar refractivity (Wildman–Crippen MR) is 60.2 cm³/mol. The summed E-state index contributed by atoms with van der Waals surface area (Å²) in [5, 5.41) is 18.8. The molecule has 0 amide bonds. The van der Waals surface area contributed by atoms with Crippen LogP contribution in [0.15, 0.2) is 0 Å². The third-order valence-corrected chi connectivity index (χ3v) is 3.33. The van der Waals surface area contributed by atoms with Crippen LogP contribution in [-0.4, -0.2) is 22.9 Å². The summed E-state index contributed by atoms with van der Waals surface area (Å²) in [6.45, 7) is 6.52. The fourth-order valence-corrected chi connectivity index (χ4v) is 1.86. The number of aliphatic hydroxyl groups is 2. The first-order valence-corrected chi connectivity index (χ1v) is 5.98. The van der Waals surface area contributed by atoms with Crippen LogP contribution in [0.2, 0.25) is 0 Å². The van der Waals surface area contributed by atoms with E-state index in [4.69, 9.17) is 5.11 Å². The van der Waals surface area contributed by atoms with Gasteiger partial charge in [-0.3, -0.25) is 0 Å². The maximum absolute atomic E-state index is 9.79. The van der Waals surface area contributed by atoms with Crippen LogP contribution in [0.1, 0.15) is 52.9 Å². The molecule has 0 fully saturated rings. The molecule has 2 atom stereocenters. The molecule has 2 unspecified atom stereocenters. The van der Waals surface area contributed by atoms with E-state index in [1.165, 1.54) is 12.8 Å². The molecule has 0 aromatic rings. The smallest absolute Gasteiger partial charge is 0.0590 e. The van der Waals surface area contributed by atoms with E-state index in [9.17, 15) is 5.11 Å². The average Bonchev–Trinajstić information content (AvgIpc) is 2.21. The van der Waals surface area contributed by atoms with E-state index in [-0.39, 0.29) is 18.6 Å². The van der Waals surface area contributed by atoms with Crippen molar-refractivity contribution in [3.8, 4) is 0 Å². The van der Waals surface area contributed by atoms with Crippen molar-refractivity contribution >= 4 is 0 Å². The molecule has 0 spiro atoms. The molecule has 0 aliphatic carbocycles. The highest BCUT2D eigenvalue weighted by Crippen LogP contribution is 2.20. The third-order valence-electron chi connectivity index (χ3n) is 3.33. The molecule has 2 heteroatoms. The number of hydrogen-bond acceptors (Lipinski definition) is 2. The molecule has 0 aromatic heterocycles. The monoisotopic (exact) mass is 202 g/mol. The molecule has 2 N–H and O–H groups in total. The van der Waals surface area contributed by atoms with Crippen LogP contribution in [0.4, 0.5) is 0 Å². The van der Waals surface area contributed by atoms with Gasteiger partial charge in [-0.1, -0.05) is 33.6 Å². The maximum atomic E-state index is 9.79. The van der Waals surface area contributed by atoms with Crippen molar-refractivity contribution in [2.45, 2.75) is 59.0 Å². The lowest BCUT2D eigenvalue weighted by Gasteiger charge is -2.21. The molecule has 14 heavy (non-hydrogen) atoms. The minimum atomic E-state index is -0.314. The standard InChI is InChI=1S/C12H26O2/c1-4-10(5-2)7-8-12(14)11(6-3)9-13/h10-14H,4-9H2,1-3H3. The van der Waals surface area contributed by atoms with Gasteiger partial charge in [0.15, 0.2) is 0 Å². The Bertz CT molecular complexity index is 117. The van der Waals surface area contributed by atoms with Gasteiger partial charge in [0.1, 0.15) is 0 Å². The maximum Gasteiger partial charge on any atom is 0.0590 e. The summed E-state index contributed by atoms with van der Waals surface area (Å²) >= 11 is 0. The number of rotatable bonds is 8. The van der Waals surface area contributed by atoms with Crippen molar-refractivity contribution in [1.29, 1.82) is 0 Å². The molecular weight excluding hydrogens is 176 g/mol. The van der Waals surface area contributed by atoms with Crippen LogP contribution in [-0.2, 0) is 0 Å². The lowest BCUT2D eigenvalue weighted by molar-refractivity contribution is 0.0537. The molecule has 0 saturated heterocycles. The van der Waals surface area contributed by atoms with Crippen molar-refractivity contribution < 1.29 is 10.2 Å². The Labute approximate surface area is 88.3 Å². The summed E-state index contributed by atoms with van der Waals surface area (Å²) in [5.74, 6) is 0.810. The topological polar surface area (TPSA) is 40.5 Å². The van der Waals surface area contributed by atoms with Gasteiger partial charge < -0.3 is 10.2 Å². The molecule has 0 aliphatic rings. The van der Waals surface area contributed by atoms with Gasteiger partial charge in [-0.15, -0.1) is 0 Å². The van der Waals surface area contributed by atoms with Crippen LogP contribution in [0.3, 0.4) is 0 Å². The van der Waals surface area contributed by atoms with Gasteiger partial charge in [0.05, 0.1) is 6.10 Å². The highest BCUT2D eigenvalue weighted by molar-refractivity contribution is 4.68. The van der Waals surface area contributed by atoms with Crippen LogP contribution in [0.5, 0.6) is 0 Å². The average molecular weight is 202 g/mol. The van der Waals surface area contributed by atoms with Gasteiger partial charge in [0.25, 0.3) is 0 Å². The van der Waals surface area contributed by atoms with Gasteiger partial charge in [-0.05, 0) is 25.2 Å². The Morgan fingerprint density at radius 2 is 1.50 bits per heavy atom. The second-order valence-corrected chi connectivity index (χ2v) is 4.18. The van der Waals surface area contributed by atoms with E-state index in [1.807, 2.05) is 6.92 Å². The van der Waals surface area contributed by atoms with E-state index in [0.29, 0.717) is 0 Å². The zero-order valence-electron chi connectivity index (χ0n) is 9.87. The quantitative estimate of drug-likeness (QED) is 0.635. The highest BCUT2D eigenvalue weighted by atomic mass is 16.3.